The molecule has 0 radical (unpaired) electrons. The van der Waals surface area contributed by atoms with E-state index in [2.05, 4.69) is 42.7 Å². The summed E-state index contributed by atoms with van der Waals surface area (Å²) in [6.45, 7) is 9.24. The second-order valence-corrected chi connectivity index (χ2v) is 16.3. The molecular weight excluding hydrogens is 580 g/mol. The zero-order valence-corrected chi connectivity index (χ0v) is 27.1. The largest absolute Gasteiger partial charge is 0.449 e. The number of fused-ring (bicyclic) bond motifs is 5. The Kier molecular flexibility index (Phi) is 8.37. The third kappa shape index (κ3) is 5.26. The van der Waals surface area contributed by atoms with Crippen LogP contribution in [0.25, 0.3) is 5.69 Å². The van der Waals surface area contributed by atoms with Gasteiger partial charge in [0.15, 0.2) is 0 Å². The second-order valence-electron chi connectivity index (χ2n) is 14.6. The normalized spacial score (nSPS) is 39.0. The van der Waals surface area contributed by atoms with Crippen LogP contribution in [0.4, 0.5) is 4.79 Å². The topological polar surface area (TPSA) is 144 Å². The molecule has 10 nitrogen and oxygen atoms in total. The van der Waals surface area contributed by atoms with Gasteiger partial charge in [-0.3, -0.25) is 0 Å². The molecule has 0 aliphatic heterocycles. The number of benzene rings is 1. The summed E-state index contributed by atoms with van der Waals surface area (Å²) in [4.78, 5) is 12.6. The Hall–Kier alpha value is -2.50. The van der Waals surface area contributed by atoms with E-state index < -0.39 is 16.1 Å². The number of carbonyl (C=O) groups excluding carboxylic acids is 1. The fourth-order valence-electron chi connectivity index (χ4n) is 10.6. The molecule has 11 heteroatoms. The zero-order chi connectivity index (χ0) is 31.4. The molecule has 11 atom stereocenters. The molecule has 1 heterocycles. The number of ether oxygens (including phenoxy) is 1. The Morgan fingerprint density at radius 1 is 1.07 bits per heavy atom. The molecule has 4 fully saturated rings. The first-order chi connectivity index (χ1) is 20.9. The smallest absolute Gasteiger partial charge is 0.421 e. The van der Waals surface area contributed by atoms with Crippen molar-refractivity contribution in [2.24, 2.45) is 52.3 Å². The van der Waals surface area contributed by atoms with Crippen LogP contribution in [0, 0.1) is 52.3 Å². The van der Waals surface area contributed by atoms with E-state index in [1.54, 1.807) is 18.3 Å². The van der Waals surface area contributed by atoms with Crippen molar-refractivity contribution in [2.75, 3.05) is 6.61 Å². The Morgan fingerprint density at radius 2 is 1.77 bits per heavy atom. The number of aromatic nitrogens is 3. The van der Waals surface area contributed by atoms with Crippen LogP contribution < -0.4 is 4.72 Å². The number of rotatable bonds is 7. The van der Waals surface area contributed by atoms with Gasteiger partial charge in [0.2, 0.25) is 0 Å². The molecule has 1 aromatic heterocycles. The van der Waals surface area contributed by atoms with E-state index in [0.717, 1.165) is 51.4 Å². The van der Waals surface area contributed by atoms with E-state index in [1.165, 1.54) is 23.0 Å². The lowest BCUT2D eigenvalue weighted by Crippen LogP contribution is -2.62. The number of sulfonamides is 1. The van der Waals surface area contributed by atoms with Crippen molar-refractivity contribution in [3.05, 3.63) is 36.7 Å². The van der Waals surface area contributed by atoms with Crippen molar-refractivity contribution >= 4 is 16.1 Å². The summed E-state index contributed by atoms with van der Waals surface area (Å²) >= 11 is 0. The Bertz CT molecular complexity index is 1430. The van der Waals surface area contributed by atoms with Gasteiger partial charge in [-0.1, -0.05) is 39.3 Å². The van der Waals surface area contributed by atoms with Crippen molar-refractivity contribution in [3.8, 4) is 5.69 Å². The molecule has 0 saturated heterocycles. The first-order valence-electron chi connectivity index (χ1n) is 16.4. The van der Waals surface area contributed by atoms with E-state index in [1.807, 2.05) is 0 Å². The Morgan fingerprint density at radius 3 is 2.45 bits per heavy atom. The molecule has 3 N–H and O–H groups in total. The molecule has 4 aliphatic carbocycles. The SMILES string of the molecule is CC[C@H]1[C@@H](O)[C@@H]2[C@H](CC[C@]3(C)[C@@H]([C@H](C)COC(=O)NS(=O)(=O)c4ccc(-n5ccnn5)cc4)CC[C@@H]23)[C@@]2(C)CC[C@@H](O)C[C@@H]12. The van der Waals surface area contributed by atoms with Gasteiger partial charge in [0, 0.05) is 0 Å². The highest BCUT2D eigenvalue weighted by molar-refractivity contribution is 7.90. The van der Waals surface area contributed by atoms with E-state index in [-0.39, 0.29) is 52.3 Å². The molecule has 0 unspecified atom stereocenters. The summed E-state index contributed by atoms with van der Waals surface area (Å²) in [5.41, 5.74) is 0.820. The quantitative estimate of drug-likeness (QED) is 0.391. The maximum Gasteiger partial charge on any atom is 0.421 e. The van der Waals surface area contributed by atoms with Crippen molar-refractivity contribution in [1.82, 2.24) is 19.7 Å². The van der Waals surface area contributed by atoms with Crippen LogP contribution in [0.5, 0.6) is 0 Å². The van der Waals surface area contributed by atoms with Crippen molar-refractivity contribution in [2.45, 2.75) is 96.2 Å². The van der Waals surface area contributed by atoms with E-state index >= 15 is 0 Å². The van der Waals surface area contributed by atoms with E-state index in [0.29, 0.717) is 29.4 Å². The van der Waals surface area contributed by atoms with Gasteiger partial charge in [-0.25, -0.2) is 22.6 Å². The standard InChI is InChI=1S/C33H48N4O6S/c1-5-24-28-18-22(38)12-14-33(28,4)27-13-15-32(3)25(10-11-26(32)29(27)30(24)39)20(2)19-43-31(40)35-44(41,42)23-8-6-21(7-9-23)37-17-16-34-36-37/h6-9,16-17,20,22,24-30,38-39H,5,10-15,18-19H2,1-4H3,(H,35,40)/t20-,22-,24-,25-,26+,27+,28+,29+,30-,32-,33-/m1/s1. The molecule has 4 saturated carbocycles. The highest BCUT2D eigenvalue weighted by Crippen LogP contribution is 2.69. The number of amides is 1. The third-order valence-electron chi connectivity index (χ3n) is 12.7. The number of hydrogen-bond acceptors (Lipinski definition) is 8. The predicted octanol–water partition coefficient (Wildman–Crippen LogP) is 4.95. The molecule has 0 bridgehead atoms. The van der Waals surface area contributed by atoms with Crippen LogP contribution in [0.2, 0.25) is 0 Å². The van der Waals surface area contributed by atoms with Gasteiger partial charge in [-0.05, 0) is 121 Å². The maximum absolute atomic E-state index is 12.9. The van der Waals surface area contributed by atoms with Gasteiger partial charge < -0.3 is 14.9 Å². The van der Waals surface area contributed by atoms with Crippen LogP contribution in [0.15, 0.2) is 41.6 Å². The van der Waals surface area contributed by atoms with Crippen LogP contribution in [-0.4, -0.2) is 58.5 Å². The minimum absolute atomic E-state index is 0.0228. The fourth-order valence-corrected chi connectivity index (χ4v) is 11.5. The molecule has 242 valence electrons. The maximum atomic E-state index is 12.9. The second kappa shape index (κ2) is 11.7. The summed E-state index contributed by atoms with van der Waals surface area (Å²) in [7, 11) is -4.10. The molecular formula is C33H48N4O6S. The van der Waals surface area contributed by atoms with Gasteiger partial charge in [0.1, 0.15) is 0 Å². The molecule has 6 rings (SSSR count). The Labute approximate surface area is 261 Å². The van der Waals surface area contributed by atoms with Crippen LogP contribution >= 0.6 is 0 Å². The third-order valence-corrected chi connectivity index (χ3v) is 14.0. The van der Waals surface area contributed by atoms with Gasteiger partial charge in [-0.2, -0.15) is 0 Å². The molecule has 44 heavy (non-hydrogen) atoms. The van der Waals surface area contributed by atoms with E-state index in [9.17, 15) is 23.4 Å². The fraction of sp³-hybridized carbons (Fsp3) is 0.727. The average molecular weight is 629 g/mol. The lowest BCUT2D eigenvalue weighted by Gasteiger charge is -2.64. The Balaban J connectivity index is 1.10. The summed E-state index contributed by atoms with van der Waals surface area (Å²) < 4.78 is 34.8. The summed E-state index contributed by atoms with van der Waals surface area (Å²) in [6.07, 6.45) is 9.42. The highest BCUT2D eigenvalue weighted by atomic mass is 32.2. The van der Waals surface area contributed by atoms with Gasteiger partial charge in [-0.15, -0.1) is 5.10 Å². The average Bonchev–Trinajstić information content (AvgIpc) is 3.65. The lowest BCUT2D eigenvalue weighted by atomic mass is 9.41. The van der Waals surface area contributed by atoms with Crippen molar-refractivity contribution in [1.29, 1.82) is 0 Å². The van der Waals surface area contributed by atoms with Crippen LogP contribution in [0.1, 0.15) is 79.1 Å². The zero-order valence-electron chi connectivity index (χ0n) is 26.3. The number of carbonyl (C=O) groups is 1. The molecule has 4 aliphatic rings. The molecule has 1 amide bonds. The summed E-state index contributed by atoms with van der Waals surface area (Å²) in [5, 5.41) is 30.1. The highest BCUT2D eigenvalue weighted by Gasteiger charge is 2.64. The first kappa shape index (κ1) is 31.5. The molecule has 1 aromatic carbocycles. The van der Waals surface area contributed by atoms with Gasteiger partial charge >= 0.3 is 6.09 Å². The number of nitrogens with one attached hydrogen (secondary N) is 1. The first-order valence-corrected chi connectivity index (χ1v) is 17.9. The van der Waals surface area contributed by atoms with Crippen molar-refractivity contribution < 1.29 is 28.2 Å². The van der Waals surface area contributed by atoms with Gasteiger partial charge in [0.25, 0.3) is 10.0 Å². The van der Waals surface area contributed by atoms with Gasteiger partial charge in [0.05, 0.1) is 41.8 Å². The predicted molar refractivity (Wildman–Crippen MR) is 164 cm³/mol. The van der Waals surface area contributed by atoms with Crippen molar-refractivity contribution in [3.63, 3.8) is 0 Å². The van der Waals surface area contributed by atoms with E-state index in [4.69, 9.17) is 4.74 Å². The van der Waals surface area contributed by atoms with Crippen LogP contribution in [-0.2, 0) is 14.8 Å². The number of aliphatic hydroxyl groups is 2. The minimum atomic E-state index is -4.10. The number of aliphatic hydroxyl groups excluding tert-OH is 2. The lowest BCUT2D eigenvalue weighted by molar-refractivity contribution is -0.203. The molecule has 2 aromatic rings. The number of nitrogens with zero attached hydrogens (tertiary/aromatic N) is 3. The minimum Gasteiger partial charge on any atom is -0.449 e. The number of hydrogen-bond donors (Lipinski definition) is 3. The summed E-state index contributed by atoms with van der Waals surface area (Å²) in [6, 6.07) is 6.00. The van der Waals surface area contributed by atoms with Crippen LogP contribution in [0.3, 0.4) is 0 Å². The summed E-state index contributed by atoms with van der Waals surface area (Å²) in [5.74, 6) is 2.05. The molecule has 0 spiro atoms. The monoisotopic (exact) mass is 628 g/mol.